The largest absolute Gasteiger partial charge is 0.377 e. The molecule has 2 aromatic rings. The molecule has 0 aromatic heterocycles. The summed E-state index contributed by atoms with van der Waals surface area (Å²) in [4.78, 5) is 11.8. The van der Waals surface area contributed by atoms with Crippen LogP contribution in [0.5, 0.6) is 0 Å². The summed E-state index contributed by atoms with van der Waals surface area (Å²) in [6.45, 7) is 4.47. The quantitative estimate of drug-likeness (QED) is 0.786. The van der Waals surface area contributed by atoms with Gasteiger partial charge in [0, 0.05) is 19.7 Å². The van der Waals surface area contributed by atoms with E-state index in [2.05, 4.69) is 22.8 Å². The average Bonchev–Trinajstić information content (AvgIpc) is 2.60. The highest BCUT2D eigenvalue weighted by Gasteiger charge is 2.01. The van der Waals surface area contributed by atoms with Gasteiger partial charge in [-0.1, -0.05) is 54.6 Å². The fourth-order valence-corrected chi connectivity index (χ4v) is 2.18. The molecule has 122 valence electrons. The molecule has 2 rings (SSSR count). The van der Waals surface area contributed by atoms with Crippen LogP contribution in [0.3, 0.4) is 0 Å². The van der Waals surface area contributed by atoms with Gasteiger partial charge in [0.2, 0.25) is 0 Å². The normalized spacial score (nSPS) is 10.3. The Morgan fingerprint density at radius 2 is 1.61 bits per heavy atom. The summed E-state index contributed by atoms with van der Waals surface area (Å²) >= 11 is 0. The molecular weight excluding hydrogens is 288 g/mol. The predicted molar refractivity (Wildman–Crippen MR) is 92.2 cm³/mol. The predicted octanol–water partition coefficient (Wildman–Crippen LogP) is 3.27. The third kappa shape index (κ3) is 6.53. The SMILES string of the molecule is CCOCc1ccc(CNC(=O)NCCc2ccccc2)cc1. The first-order chi connectivity index (χ1) is 11.3. The van der Waals surface area contributed by atoms with E-state index in [9.17, 15) is 4.79 Å². The van der Waals surface area contributed by atoms with Gasteiger partial charge < -0.3 is 15.4 Å². The van der Waals surface area contributed by atoms with E-state index in [4.69, 9.17) is 4.74 Å². The molecular formula is C19H24N2O2. The molecule has 0 heterocycles. The van der Waals surface area contributed by atoms with E-state index in [-0.39, 0.29) is 6.03 Å². The summed E-state index contributed by atoms with van der Waals surface area (Å²) in [7, 11) is 0. The third-order valence-corrected chi connectivity index (χ3v) is 3.49. The highest BCUT2D eigenvalue weighted by molar-refractivity contribution is 5.73. The minimum Gasteiger partial charge on any atom is -0.377 e. The molecule has 0 saturated carbocycles. The molecule has 0 fully saturated rings. The van der Waals surface area contributed by atoms with Gasteiger partial charge in [0.15, 0.2) is 0 Å². The van der Waals surface area contributed by atoms with Crippen LogP contribution in [0.2, 0.25) is 0 Å². The molecule has 0 bridgehead atoms. The van der Waals surface area contributed by atoms with Crippen molar-refractivity contribution in [2.75, 3.05) is 13.2 Å². The second-order valence-electron chi connectivity index (χ2n) is 5.30. The number of nitrogens with one attached hydrogen (secondary N) is 2. The van der Waals surface area contributed by atoms with Gasteiger partial charge in [-0.2, -0.15) is 0 Å². The summed E-state index contributed by atoms with van der Waals surface area (Å²) in [6.07, 6.45) is 0.834. The number of hydrogen-bond donors (Lipinski definition) is 2. The topological polar surface area (TPSA) is 50.4 Å². The molecule has 0 aliphatic carbocycles. The van der Waals surface area contributed by atoms with Crippen molar-refractivity contribution in [3.63, 3.8) is 0 Å². The van der Waals surface area contributed by atoms with E-state index in [0.29, 0.717) is 26.3 Å². The molecule has 4 nitrogen and oxygen atoms in total. The van der Waals surface area contributed by atoms with Gasteiger partial charge in [-0.05, 0) is 30.0 Å². The molecule has 0 aliphatic heterocycles. The van der Waals surface area contributed by atoms with Crippen LogP contribution in [-0.4, -0.2) is 19.2 Å². The van der Waals surface area contributed by atoms with Crippen molar-refractivity contribution in [1.82, 2.24) is 10.6 Å². The third-order valence-electron chi connectivity index (χ3n) is 3.49. The average molecular weight is 312 g/mol. The first kappa shape index (κ1) is 17.0. The van der Waals surface area contributed by atoms with Gasteiger partial charge in [-0.25, -0.2) is 4.79 Å². The standard InChI is InChI=1S/C19H24N2O2/c1-2-23-15-18-10-8-17(9-11-18)14-21-19(22)20-13-12-16-6-4-3-5-7-16/h3-11H,2,12-15H2,1H3,(H2,20,21,22). The van der Waals surface area contributed by atoms with Crippen LogP contribution in [0.25, 0.3) is 0 Å². The number of carbonyl (C=O) groups excluding carboxylic acids is 1. The summed E-state index contributed by atoms with van der Waals surface area (Å²) in [6, 6.07) is 18.1. The molecule has 0 aliphatic rings. The van der Waals surface area contributed by atoms with E-state index in [0.717, 1.165) is 17.5 Å². The number of urea groups is 1. The Morgan fingerprint density at radius 3 is 2.30 bits per heavy atom. The minimum atomic E-state index is -0.140. The maximum atomic E-state index is 11.8. The van der Waals surface area contributed by atoms with Crippen LogP contribution in [0, 0.1) is 0 Å². The Balaban J connectivity index is 1.65. The van der Waals surface area contributed by atoms with Gasteiger partial charge in [0.05, 0.1) is 6.61 Å². The Labute approximate surface area is 137 Å². The van der Waals surface area contributed by atoms with Crippen LogP contribution in [0.15, 0.2) is 54.6 Å². The van der Waals surface area contributed by atoms with E-state index in [1.807, 2.05) is 49.4 Å². The van der Waals surface area contributed by atoms with Gasteiger partial charge in [0.25, 0.3) is 0 Å². The fourth-order valence-electron chi connectivity index (χ4n) is 2.18. The summed E-state index contributed by atoms with van der Waals surface area (Å²) in [5.74, 6) is 0. The van der Waals surface area contributed by atoms with Crippen molar-refractivity contribution in [2.45, 2.75) is 26.5 Å². The number of benzene rings is 2. The molecule has 2 amide bonds. The van der Waals surface area contributed by atoms with Crippen molar-refractivity contribution < 1.29 is 9.53 Å². The van der Waals surface area contributed by atoms with E-state index < -0.39 is 0 Å². The van der Waals surface area contributed by atoms with E-state index >= 15 is 0 Å². The summed E-state index contributed by atoms with van der Waals surface area (Å²) in [5.41, 5.74) is 3.43. The van der Waals surface area contributed by atoms with Crippen LogP contribution >= 0.6 is 0 Å². The Morgan fingerprint density at radius 1 is 0.913 bits per heavy atom. The molecule has 0 spiro atoms. The van der Waals surface area contributed by atoms with Crippen molar-refractivity contribution in [1.29, 1.82) is 0 Å². The van der Waals surface area contributed by atoms with Crippen molar-refractivity contribution in [2.24, 2.45) is 0 Å². The minimum absolute atomic E-state index is 0.140. The molecule has 23 heavy (non-hydrogen) atoms. The van der Waals surface area contributed by atoms with Gasteiger partial charge in [0.1, 0.15) is 0 Å². The van der Waals surface area contributed by atoms with Crippen LogP contribution in [0.1, 0.15) is 23.6 Å². The molecule has 2 aromatic carbocycles. The number of hydrogen-bond acceptors (Lipinski definition) is 2. The van der Waals surface area contributed by atoms with Gasteiger partial charge in [-0.15, -0.1) is 0 Å². The number of ether oxygens (including phenoxy) is 1. The van der Waals surface area contributed by atoms with Crippen molar-refractivity contribution >= 4 is 6.03 Å². The fraction of sp³-hybridized carbons (Fsp3) is 0.316. The summed E-state index contributed by atoms with van der Waals surface area (Å²) < 4.78 is 5.36. The number of rotatable bonds is 8. The first-order valence-electron chi connectivity index (χ1n) is 7.99. The van der Waals surface area contributed by atoms with E-state index in [1.54, 1.807) is 0 Å². The lowest BCUT2D eigenvalue weighted by molar-refractivity contribution is 0.134. The maximum Gasteiger partial charge on any atom is 0.315 e. The molecule has 0 radical (unpaired) electrons. The van der Waals surface area contributed by atoms with Crippen LogP contribution < -0.4 is 10.6 Å². The van der Waals surface area contributed by atoms with Gasteiger partial charge in [-0.3, -0.25) is 0 Å². The Kier molecular flexibility index (Phi) is 7.14. The zero-order valence-electron chi connectivity index (χ0n) is 13.5. The molecule has 4 heteroatoms. The highest BCUT2D eigenvalue weighted by Crippen LogP contribution is 2.05. The zero-order chi connectivity index (χ0) is 16.3. The van der Waals surface area contributed by atoms with Crippen molar-refractivity contribution in [3.05, 3.63) is 71.3 Å². The molecule has 0 atom stereocenters. The lowest BCUT2D eigenvalue weighted by Crippen LogP contribution is -2.36. The van der Waals surface area contributed by atoms with Crippen LogP contribution in [-0.2, 0) is 24.3 Å². The monoisotopic (exact) mass is 312 g/mol. The first-order valence-corrected chi connectivity index (χ1v) is 7.99. The molecule has 0 unspecified atom stereocenters. The van der Waals surface area contributed by atoms with E-state index in [1.165, 1.54) is 5.56 Å². The Hall–Kier alpha value is -2.33. The molecule has 2 N–H and O–H groups in total. The lowest BCUT2D eigenvalue weighted by Gasteiger charge is -2.08. The van der Waals surface area contributed by atoms with Crippen LogP contribution in [0.4, 0.5) is 4.79 Å². The van der Waals surface area contributed by atoms with Gasteiger partial charge >= 0.3 is 6.03 Å². The second kappa shape index (κ2) is 9.64. The number of amides is 2. The zero-order valence-corrected chi connectivity index (χ0v) is 13.5. The van der Waals surface area contributed by atoms with Crippen molar-refractivity contribution in [3.8, 4) is 0 Å². The highest BCUT2D eigenvalue weighted by atomic mass is 16.5. The lowest BCUT2D eigenvalue weighted by atomic mass is 10.1. The second-order valence-corrected chi connectivity index (χ2v) is 5.30. The Bertz CT molecular complexity index is 582. The summed E-state index contributed by atoms with van der Waals surface area (Å²) in [5, 5.41) is 5.74. The molecule has 0 saturated heterocycles. The number of carbonyl (C=O) groups is 1. The smallest absolute Gasteiger partial charge is 0.315 e. The maximum absolute atomic E-state index is 11.8.